The molecular weight excluding hydrogens is 226 g/mol. The minimum Gasteiger partial charge on any atom is -0.286 e. The number of amidine groups is 1. The summed E-state index contributed by atoms with van der Waals surface area (Å²) in [5, 5.41) is 11.5. The van der Waals surface area contributed by atoms with Crippen molar-refractivity contribution in [3.63, 3.8) is 0 Å². The fourth-order valence-corrected chi connectivity index (χ4v) is 1.84. The van der Waals surface area contributed by atoms with Gasteiger partial charge in [-0.25, -0.2) is 9.91 Å². The summed E-state index contributed by atoms with van der Waals surface area (Å²) in [5.74, 6) is 0.557. The van der Waals surface area contributed by atoms with Crippen molar-refractivity contribution < 1.29 is 5.21 Å². The lowest BCUT2D eigenvalue weighted by atomic mass is 9.84. The summed E-state index contributed by atoms with van der Waals surface area (Å²) in [6.07, 6.45) is 0. The zero-order valence-electron chi connectivity index (χ0n) is 11.1. The first-order chi connectivity index (χ1) is 8.29. The van der Waals surface area contributed by atoms with Gasteiger partial charge in [-0.05, 0) is 27.7 Å². The molecule has 1 heterocycles. The molecule has 0 spiro atoms. The van der Waals surface area contributed by atoms with E-state index in [1.165, 1.54) is 5.06 Å². The second kappa shape index (κ2) is 3.82. The van der Waals surface area contributed by atoms with E-state index in [9.17, 15) is 5.21 Å². The predicted octanol–water partition coefficient (Wildman–Crippen LogP) is 3.25. The Kier molecular flexibility index (Phi) is 2.67. The van der Waals surface area contributed by atoms with Gasteiger partial charge in [0.15, 0.2) is 11.5 Å². The molecule has 0 radical (unpaired) electrons. The van der Waals surface area contributed by atoms with Crippen molar-refractivity contribution >= 4 is 11.5 Å². The van der Waals surface area contributed by atoms with Gasteiger partial charge in [0.25, 0.3) is 0 Å². The van der Waals surface area contributed by atoms with Gasteiger partial charge in [0.2, 0.25) is 0 Å². The summed E-state index contributed by atoms with van der Waals surface area (Å²) in [7, 11) is 0. The number of hydroxylamine groups is 2. The monoisotopic (exact) mass is 243 g/mol. The fraction of sp³-hybridized carbons (Fsp3) is 0.429. The highest BCUT2D eigenvalue weighted by Crippen LogP contribution is 2.37. The van der Waals surface area contributed by atoms with E-state index >= 15 is 0 Å². The number of rotatable bonds is 1. The highest BCUT2D eigenvalue weighted by Gasteiger charge is 2.49. The highest BCUT2D eigenvalue weighted by atomic mass is 16.5. The maximum absolute atomic E-state index is 10.3. The summed E-state index contributed by atoms with van der Waals surface area (Å²) < 4.78 is 0. The first-order valence-corrected chi connectivity index (χ1v) is 5.86. The first kappa shape index (κ1) is 12.6. The van der Waals surface area contributed by atoms with Crippen LogP contribution in [0.25, 0.3) is 4.85 Å². The summed E-state index contributed by atoms with van der Waals surface area (Å²) in [6, 6.07) is 7.09. The van der Waals surface area contributed by atoms with Crippen molar-refractivity contribution in [2.24, 2.45) is 4.99 Å². The molecule has 4 nitrogen and oxygen atoms in total. The summed E-state index contributed by atoms with van der Waals surface area (Å²) >= 11 is 0. The Morgan fingerprint density at radius 2 is 1.72 bits per heavy atom. The molecule has 1 aliphatic rings. The first-order valence-electron chi connectivity index (χ1n) is 5.86. The normalized spacial score (nSPS) is 20.4. The predicted molar refractivity (Wildman–Crippen MR) is 71.0 cm³/mol. The smallest absolute Gasteiger partial charge is 0.187 e. The van der Waals surface area contributed by atoms with Crippen molar-refractivity contribution in [3.8, 4) is 0 Å². The molecule has 0 aliphatic carbocycles. The van der Waals surface area contributed by atoms with E-state index in [0.29, 0.717) is 11.5 Å². The Balaban J connectivity index is 2.43. The van der Waals surface area contributed by atoms with Crippen molar-refractivity contribution in [2.75, 3.05) is 0 Å². The number of hydrogen-bond donors (Lipinski definition) is 1. The molecular formula is C14H17N3O. The minimum absolute atomic E-state index is 0.366. The summed E-state index contributed by atoms with van der Waals surface area (Å²) in [6.45, 7) is 14.8. The van der Waals surface area contributed by atoms with Crippen molar-refractivity contribution in [1.29, 1.82) is 0 Å². The molecule has 1 aromatic carbocycles. The average molecular weight is 243 g/mol. The van der Waals surface area contributed by atoms with Crippen LogP contribution < -0.4 is 0 Å². The van der Waals surface area contributed by atoms with Gasteiger partial charge in [-0.15, -0.1) is 0 Å². The van der Waals surface area contributed by atoms with E-state index in [1.807, 2.05) is 39.8 Å². The van der Waals surface area contributed by atoms with Crippen LogP contribution in [0, 0.1) is 6.57 Å². The number of benzene rings is 1. The second-order valence-electron chi connectivity index (χ2n) is 5.52. The Labute approximate surface area is 107 Å². The SMILES string of the molecule is [C-]#[N+]c1ccc(C2=NC(C)(C)C(C)(C)N2O)cc1. The van der Waals surface area contributed by atoms with Crippen LogP contribution in [0.5, 0.6) is 0 Å². The average Bonchev–Trinajstić information content (AvgIpc) is 2.50. The third-order valence-corrected chi connectivity index (χ3v) is 3.87. The van der Waals surface area contributed by atoms with Gasteiger partial charge in [0.1, 0.15) is 0 Å². The molecule has 0 atom stereocenters. The maximum Gasteiger partial charge on any atom is 0.187 e. The van der Waals surface area contributed by atoms with Gasteiger partial charge >= 0.3 is 0 Å². The van der Waals surface area contributed by atoms with Gasteiger partial charge in [0.05, 0.1) is 17.6 Å². The van der Waals surface area contributed by atoms with Crippen LogP contribution in [0.15, 0.2) is 29.3 Å². The zero-order valence-corrected chi connectivity index (χ0v) is 11.1. The van der Waals surface area contributed by atoms with E-state index in [4.69, 9.17) is 6.57 Å². The van der Waals surface area contributed by atoms with Crippen LogP contribution in [-0.2, 0) is 0 Å². The van der Waals surface area contributed by atoms with E-state index < -0.39 is 5.54 Å². The second-order valence-corrected chi connectivity index (χ2v) is 5.52. The molecule has 4 heteroatoms. The fourth-order valence-electron chi connectivity index (χ4n) is 1.84. The van der Waals surface area contributed by atoms with E-state index in [1.54, 1.807) is 12.1 Å². The highest BCUT2D eigenvalue weighted by molar-refractivity contribution is 6.00. The van der Waals surface area contributed by atoms with Crippen molar-refractivity contribution in [3.05, 3.63) is 41.2 Å². The van der Waals surface area contributed by atoms with Crippen molar-refractivity contribution in [1.82, 2.24) is 5.06 Å². The molecule has 1 aliphatic heterocycles. The third kappa shape index (κ3) is 1.68. The summed E-state index contributed by atoms with van der Waals surface area (Å²) in [4.78, 5) is 7.94. The Morgan fingerprint density at radius 1 is 1.17 bits per heavy atom. The molecule has 0 unspecified atom stereocenters. The van der Waals surface area contributed by atoms with Gasteiger partial charge in [-0.2, -0.15) is 0 Å². The molecule has 1 aromatic rings. The minimum atomic E-state index is -0.458. The van der Waals surface area contributed by atoms with Crippen LogP contribution in [0.2, 0.25) is 0 Å². The number of hydrogen-bond acceptors (Lipinski definition) is 3. The van der Waals surface area contributed by atoms with Gasteiger partial charge in [-0.1, -0.05) is 24.3 Å². The summed E-state index contributed by atoms with van der Waals surface area (Å²) in [5.41, 5.74) is 0.583. The van der Waals surface area contributed by atoms with E-state index in [-0.39, 0.29) is 5.54 Å². The molecule has 0 saturated heterocycles. The standard InChI is InChI=1S/C14H17N3O/c1-13(2)14(3,4)17(18)12(16-13)10-6-8-11(15-5)9-7-10/h6-9,18H,1-4H3. The van der Waals surface area contributed by atoms with Crippen LogP contribution in [-0.4, -0.2) is 27.2 Å². The largest absolute Gasteiger partial charge is 0.286 e. The molecule has 94 valence electrons. The van der Waals surface area contributed by atoms with Gasteiger partial charge < -0.3 is 0 Å². The molecule has 18 heavy (non-hydrogen) atoms. The zero-order chi connectivity index (χ0) is 13.6. The quantitative estimate of drug-likeness (QED) is 0.769. The molecule has 0 saturated carbocycles. The number of nitrogens with zero attached hydrogens (tertiary/aromatic N) is 3. The Morgan fingerprint density at radius 3 is 2.11 bits per heavy atom. The van der Waals surface area contributed by atoms with Crippen LogP contribution >= 0.6 is 0 Å². The molecule has 1 N–H and O–H groups in total. The molecule has 0 amide bonds. The topological polar surface area (TPSA) is 40.2 Å². The lowest BCUT2D eigenvalue weighted by Gasteiger charge is -2.36. The molecule has 0 fully saturated rings. The van der Waals surface area contributed by atoms with Gasteiger partial charge in [0, 0.05) is 5.56 Å². The lowest BCUT2D eigenvalue weighted by molar-refractivity contribution is -0.0992. The Hall–Kier alpha value is -1.86. The molecule has 0 aromatic heterocycles. The molecule has 2 rings (SSSR count). The van der Waals surface area contributed by atoms with Crippen molar-refractivity contribution in [2.45, 2.75) is 38.8 Å². The van der Waals surface area contributed by atoms with Crippen LogP contribution in [0.4, 0.5) is 5.69 Å². The lowest BCUT2D eigenvalue weighted by Crippen LogP contribution is -2.51. The van der Waals surface area contributed by atoms with E-state index in [2.05, 4.69) is 9.84 Å². The molecule has 0 bridgehead atoms. The van der Waals surface area contributed by atoms with E-state index in [0.717, 1.165) is 5.56 Å². The van der Waals surface area contributed by atoms with Crippen LogP contribution in [0.1, 0.15) is 33.3 Å². The number of aliphatic imine (C=N–C) groups is 1. The van der Waals surface area contributed by atoms with Gasteiger partial charge in [-0.3, -0.25) is 10.2 Å². The van der Waals surface area contributed by atoms with Crippen LogP contribution in [0.3, 0.4) is 0 Å². The Bertz CT molecular complexity index is 535. The third-order valence-electron chi connectivity index (χ3n) is 3.87. The maximum atomic E-state index is 10.3.